The third kappa shape index (κ3) is 13.8. The number of rotatable bonds is 12. The predicted octanol–water partition coefficient (Wildman–Crippen LogP) is 0.612. The molecule has 0 unspecified atom stereocenters. The lowest BCUT2D eigenvalue weighted by Crippen LogP contribution is -2.15. The summed E-state index contributed by atoms with van der Waals surface area (Å²) in [6.45, 7) is 3.62. The van der Waals surface area contributed by atoms with Crippen molar-refractivity contribution < 1.29 is 18.9 Å². The molecule has 0 spiro atoms. The fraction of sp³-hybridized carbons (Fsp3) is 1.00. The van der Waals surface area contributed by atoms with E-state index < -0.39 is 0 Å². The van der Waals surface area contributed by atoms with Gasteiger partial charge in [-0.05, 0) is 12.8 Å². The Morgan fingerprint density at radius 1 is 0.733 bits per heavy atom. The molecular weight excluding hydrogens is 198 g/mol. The molecule has 0 fully saturated rings. The maximum absolute atomic E-state index is 5.21. The van der Waals surface area contributed by atoms with Gasteiger partial charge in [-0.15, -0.1) is 0 Å². The Morgan fingerprint density at radius 2 is 1.20 bits per heavy atom. The minimum atomic E-state index is 0.397. The van der Waals surface area contributed by atoms with Crippen LogP contribution in [0.3, 0.4) is 0 Å². The molecule has 91 valence electrons. The molecule has 0 aromatic heterocycles. The summed E-state index contributed by atoms with van der Waals surface area (Å²) < 4.78 is 20.2. The Hall–Kier alpha value is -0.200. The first-order valence-corrected chi connectivity index (χ1v) is 5.18. The molecule has 0 N–H and O–H groups in total. The Balaban J connectivity index is 2.81. The summed E-state index contributed by atoms with van der Waals surface area (Å²) in [6.07, 6.45) is 1.81. The van der Waals surface area contributed by atoms with Gasteiger partial charge in [0.2, 0.25) is 0 Å². The van der Waals surface area contributed by atoms with E-state index in [1.807, 2.05) is 0 Å². The molecule has 0 aromatic rings. The number of ether oxygens (including phenoxy) is 4. The number of methoxy groups -OCH3 is 2. The second-order valence-corrected chi connectivity index (χ2v) is 2.99. The molecule has 0 saturated heterocycles. The highest BCUT2D eigenvalue weighted by Crippen LogP contribution is 1.84. The molecule has 0 aromatic carbocycles. The third-order valence-corrected chi connectivity index (χ3v) is 1.64. The lowest BCUT2D eigenvalue weighted by Gasteiger charge is -2.05. The summed E-state index contributed by atoms with van der Waals surface area (Å²) in [5.74, 6) is 0. The monoisotopic (exact) mass is 220 g/mol. The summed E-state index contributed by atoms with van der Waals surface area (Å²) in [5.41, 5.74) is 0. The Bertz CT molecular complexity index is 102. The van der Waals surface area contributed by atoms with E-state index >= 15 is 0 Å². The zero-order chi connectivity index (χ0) is 11.2. The van der Waals surface area contributed by atoms with Crippen molar-refractivity contribution in [1.82, 2.24) is 5.32 Å². The van der Waals surface area contributed by atoms with Crippen LogP contribution in [0.25, 0.3) is 0 Å². The maximum Gasteiger partial charge on any atom is 0.115 e. The summed E-state index contributed by atoms with van der Waals surface area (Å²) in [7, 11) is 3.36. The first kappa shape index (κ1) is 14.8. The average Bonchev–Trinajstić information content (AvgIpc) is 2.26. The standard InChI is InChI=1S/C10H22NO4/c1-12-5-3-7-14-9-11-10-15-8-4-6-13-2/h3-10H2,1-2H3. The van der Waals surface area contributed by atoms with Crippen LogP contribution >= 0.6 is 0 Å². The molecule has 15 heavy (non-hydrogen) atoms. The highest BCUT2D eigenvalue weighted by Gasteiger charge is 1.91. The maximum atomic E-state index is 5.21. The van der Waals surface area contributed by atoms with Gasteiger partial charge in [0.1, 0.15) is 13.5 Å². The van der Waals surface area contributed by atoms with Gasteiger partial charge in [0.25, 0.3) is 0 Å². The summed E-state index contributed by atoms with van der Waals surface area (Å²) in [6, 6.07) is 0. The zero-order valence-corrected chi connectivity index (χ0v) is 9.74. The van der Waals surface area contributed by atoms with E-state index in [1.165, 1.54) is 0 Å². The van der Waals surface area contributed by atoms with Crippen molar-refractivity contribution in [3.63, 3.8) is 0 Å². The van der Waals surface area contributed by atoms with Crippen LogP contribution in [0, 0.1) is 0 Å². The van der Waals surface area contributed by atoms with Crippen LogP contribution in [-0.4, -0.2) is 54.1 Å². The average molecular weight is 220 g/mol. The van der Waals surface area contributed by atoms with Crippen LogP contribution in [0.5, 0.6) is 0 Å². The van der Waals surface area contributed by atoms with Crippen LogP contribution in [-0.2, 0) is 18.9 Å². The van der Waals surface area contributed by atoms with E-state index in [0.717, 1.165) is 26.1 Å². The zero-order valence-electron chi connectivity index (χ0n) is 9.74. The Kier molecular flexibility index (Phi) is 13.6. The van der Waals surface area contributed by atoms with Gasteiger partial charge in [-0.1, -0.05) is 0 Å². The number of hydrogen-bond donors (Lipinski definition) is 0. The van der Waals surface area contributed by atoms with Crippen LogP contribution in [0.15, 0.2) is 0 Å². The lowest BCUT2D eigenvalue weighted by atomic mass is 10.5. The van der Waals surface area contributed by atoms with Crippen molar-refractivity contribution in [1.29, 1.82) is 0 Å². The molecule has 1 radical (unpaired) electrons. The largest absolute Gasteiger partial charge is 0.385 e. The first-order valence-electron chi connectivity index (χ1n) is 5.18. The van der Waals surface area contributed by atoms with E-state index in [9.17, 15) is 0 Å². The summed E-state index contributed by atoms with van der Waals surface area (Å²) in [5, 5.41) is 4.04. The minimum absolute atomic E-state index is 0.397. The second kappa shape index (κ2) is 13.8. The van der Waals surface area contributed by atoms with Gasteiger partial charge in [-0.3, -0.25) is 0 Å². The van der Waals surface area contributed by atoms with E-state index in [2.05, 4.69) is 5.32 Å². The van der Waals surface area contributed by atoms with Crippen LogP contribution in [0.2, 0.25) is 0 Å². The van der Waals surface area contributed by atoms with Crippen LogP contribution in [0.1, 0.15) is 12.8 Å². The van der Waals surface area contributed by atoms with Gasteiger partial charge in [0, 0.05) is 27.4 Å². The van der Waals surface area contributed by atoms with Gasteiger partial charge < -0.3 is 18.9 Å². The molecule has 0 amide bonds. The Labute approximate surface area is 92.0 Å². The van der Waals surface area contributed by atoms with E-state index in [0.29, 0.717) is 26.7 Å². The van der Waals surface area contributed by atoms with Gasteiger partial charge in [0.15, 0.2) is 0 Å². The van der Waals surface area contributed by atoms with Crippen LogP contribution in [0.4, 0.5) is 0 Å². The third-order valence-electron chi connectivity index (χ3n) is 1.64. The van der Waals surface area contributed by atoms with Crippen molar-refractivity contribution in [3.8, 4) is 0 Å². The van der Waals surface area contributed by atoms with Gasteiger partial charge in [-0.2, -0.15) is 5.32 Å². The van der Waals surface area contributed by atoms with Crippen molar-refractivity contribution in [3.05, 3.63) is 0 Å². The minimum Gasteiger partial charge on any atom is -0.385 e. The quantitative estimate of drug-likeness (QED) is 0.452. The molecule has 0 bridgehead atoms. The van der Waals surface area contributed by atoms with Crippen molar-refractivity contribution in [2.75, 3.05) is 54.1 Å². The number of nitrogens with zero attached hydrogens (tertiary/aromatic N) is 1. The highest BCUT2D eigenvalue weighted by molar-refractivity contribution is 4.34. The van der Waals surface area contributed by atoms with Gasteiger partial charge in [0.05, 0.1) is 13.2 Å². The molecule has 0 aliphatic carbocycles. The van der Waals surface area contributed by atoms with Crippen molar-refractivity contribution in [2.45, 2.75) is 12.8 Å². The smallest absolute Gasteiger partial charge is 0.115 e. The van der Waals surface area contributed by atoms with E-state index in [-0.39, 0.29) is 0 Å². The normalized spacial score (nSPS) is 10.8. The fourth-order valence-electron chi connectivity index (χ4n) is 0.906. The van der Waals surface area contributed by atoms with E-state index in [4.69, 9.17) is 18.9 Å². The van der Waals surface area contributed by atoms with Gasteiger partial charge >= 0.3 is 0 Å². The van der Waals surface area contributed by atoms with Crippen molar-refractivity contribution >= 4 is 0 Å². The molecule has 0 rings (SSSR count). The molecule has 0 aliphatic rings. The second-order valence-electron chi connectivity index (χ2n) is 2.99. The SMILES string of the molecule is COCCCOC[N]COCCCOC. The molecule has 5 heteroatoms. The predicted molar refractivity (Wildman–Crippen MR) is 56.8 cm³/mol. The van der Waals surface area contributed by atoms with E-state index in [1.54, 1.807) is 14.2 Å². The summed E-state index contributed by atoms with van der Waals surface area (Å²) in [4.78, 5) is 0. The topological polar surface area (TPSA) is 51.0 Å². The molecule has 0 heterocycles. The highest BCUT2D eigenvalue weighted by atomic mass is 16.5. The van der Waals surface area contributed by atoms with Crippen LogP contribution < -0.4 is 5.32 Å². The number of hydrogen-bond acceptors (Lipinski definition) is 4. The molecule has 5 nitrogen and oxygen atoms in total. The van der Waals surface area contributed by atoms with Crippen molar-refractivity contribution in [2.24, 2.45) is 0 Å². The molecule has 0 atom stereocenters. The summed E-state index contributed by atoms with van der Waals surface area (Å²) >= 11 is 0. The Morgan fingerprint density at radius 3 is 1.60 bits per heavy atom. The van der Waals surface area contributed by atoms with Gasteiger partial charge in [-0.25, -0.2) is 0 Å². The lowest BCUT2D eigenvalue weighted by molar-refractivity contribution is 0.0419. The fourth-order valence-corrected chi connectivity index (χ4v) is 0.906. The molecular formula is C10H22NO4. The first-order chi connectivity index (χ1) is 7.41. The molecule has 0 aliphatic heterocycles. The molecule has 0 saturated carbocycles.